The zero-order chi connectivity index (χ0) is 18.8. The molecule has 5 heteroatoms. The Balaban J connectivity index is 1.62. The highest BCUT2D eigenvalue weighted by Gasteiger charge is 2.42. The van der Waals surface area contributed by atoms with Gasteiger partial charge in [0.05, 0.1) is 5.56 Å². The molecule has 0 saturated heterocycles. The number of carbonyl (C=O) groups excluding carboxylic acids is 2. The van der Waals surface area contributed by atoms with Crippen molar-refractivity contribution in [3.05, 3.63) is 35.6 Å². The van der Waals surface area contributed by atoms with Crippen molar-refractivity contribution < 1.29 is 14.0 Å². The van der Waals surface area contributed by atoms with Gasteiger partial charge >= 0.3 is 0 Å². The van der Waals surface area contributed by atoms with Crippen LogP contribution in [0.1, 0.15) is 56.8 Å². The quantitative estimate of drug-likeness (QED) is 0.815. The molecule has 2 fully saturated rings. The molecular formula is C21H29FN2O2. The van der Waals surface area contributed by atoms with Crippen LogP contribution in [-0.2, 0) is 4.79 Å². The minimum absolute atomic E-state index is 0.0351. The zero-order valence-corrected chi connectivity index (χ0v) is 15.8. The van der Waals surface area contributed by atoms with Crippen LogP contribution in [0.15, 0.2) is 24.3 Å². The lowest BCUT2D eigenvalue weighted by Gasteiger charge is -2.31. The highest BCUT2D eigenvalue weighted by molar-refractivity contribution is 5.97. The van der Waals surface area contributed by atoms with Gasteiger partial charge in [0.15, 0.2) is 0 Å². The van der Waals surface area contributed by atoms with Gasteiger partial charge in [0.25, 0.3) is 5.91 Å². The van der Waals surface area contributed by atoms with Gasteiger partial charge in [-0.15, -0.1) is 0 Å². The Hall–Kier alpha value is -1.91. The number of hydrogen-bond acceptors (Lipinski definition) is 2. The fraction of sp³-hybridized carbons (Fsp3) is 0.619. The van der Waals surface area contributed by atoms with Gasteiger partial charge in [-0.25, -0.2) is 4.39 Å². The summed E-state index contributed by atoms with van der Waals surface area (Å²) in [6, 6.07) is 5.25. The lowest BCUT2D eigenvalue weighted by Crippen LogP contribution is -2.53. The normalized spacial score (nSPS) is 26.6. The third kappa shape index (κ3) is 3.92. The van der Waals surface area contributed by atoms with Crippen LogP contribution in [0.3, 0.4) is 0 Å². The van der Waals surface area contributed by atoms with E-state index in [1.54, 1.807) is 6.07 Å². The second-order valence-corrected chi connectivity index (χ2v) is 8.31. The maximum Gasteiger partial charge on any atom is 0.254 e. The summed E-state index contributed by atoms with van der Waals surface area (Å²) in [6.07, 6.45) is 5.09. The molecule has 4 nitrogen and oxygen atoms in total. The monoisotopic (exact) mass is 360 g/mol. The molecule has 142 valence electrons. The van der Waals surface area contributed by atoms with E-state index in [1.165, 1.54) is 43.9 Å². The van der Waals surface area contributed by atoms with Crippen LogP contribution in [0.4, 0.5) is 4.39 Å². The predicted molar refractivity (Wildman–Crippen MR) is 99.0 cm³/mol. The number of halogens is 1. The van der Waals surface area contributed by atoms with Gasteiger partial charge in [-0.3, -0.25) is 9.59 Å². The van der Waals surface area contributed by atoms with Gasteiger partial charge < -0.3 is 10.6 Å². The number of rotatable bonds is 6. The molecule has 2 amide bonds. The van der Waals surface area contributed by atoms with E-state index in [0.29, 0.717) is 5.92 Å². The van der Waals surface area contributed by atoms with E-state index in [0.717, 1.165) is 11.8 Å². The molecule has 5 unspecified atom stereocenters. The summed E-state index contributed by atoms with van der Waals surface area (Å²) in [5.74, 6) is 0.685. The van der Waals surface area contributed by atoms with Gasteiger partial charge in [0.2, 0.25) is 5.91 Å². The average molecular weight is 360 g/mol. The van der Waals surface area contributed by atoms with Crippen molar-refractivity contribution in [2.24, 2.45) is 23.7 Å². The minimum atomic E-state index is -0.678. The number of nitrogens with one attached hydrogen (secondary N) is 2. The summed E-state index contributed by atoms with van der Waals surface area (Å²) < 4.78 is 13.8. The van der Waals surface area contributed by atoms with Gasteiger partial charge in [-0.2, -0.15) is 0 Å². The fourth-order valence-corrected chi connectivity index (χ4v) is 4.73. The van der Waals surface area contributed by atoms with Crippen molar-refractivity contribution >= 4 is 11.8 Å². The van der Waals surface area contributed by atoms with Crippen LogP contribution in [0.25, 0.3) is 0 Å². The molecule has 2 saturated carbocycles. The molecule has 1 aromatic carbocycles. The smallest absolute Gasteiger partial charge is 0.254 e. The summed E-state index contributed by atoms with van der Waals surface area (Å²) in [6.45, 7) is 5.83. The molecule has 2 bridgehead atoms. The topological polar surface area (TPSA) is 58.2 Å². The Morgan fingerprint density at radius 1 is 1.08 bits per heavy atom. The third-order valence-electron chi connectivity index (χ3n) is 6.16. The molecule has 2 N–H and O–H groups in total. The molecule has 26 heavy (non-hydrogen) atoms. The molecule has 1 aromatic rings. The van der Waals surface area contributed by atoms with E-state index >= 15 is 0 Å². The molecular weight excluding hydrogens is 331 g/mol. The van der Waals surface area contributed by atoms with E-state index in [1.807, 2.05) is 13.8 Å². The van der Waals surface area contributed by atoms with Gasteiger partial charge in [-0.1, -0.05) is 32.4 Å². The van der Waals surface area contributed by atoms with Crippen LogP contribution in [-0.4, -0.2) is 23.9 Å². The Bertz CT molecular complexity index is 676. The highest BCUT2D eigenvalue weighted by atomic mass is 19.1. The summed E-state index contributed by atoms with van der Waals surface area (Å²) in [5, 5.41) is 5.82. The molecule has 0 aliphatic heterocycles. The average Bonchev–Trinajstić information content (AvgIpc) is 3.22. The summed E-state index contributed by atoms with van der Waals surface area (Å²) in [4.78, 5) is 25.2. The van der Waals surface area contributed by atoms with Crippen molar-refractivity contribution in [2.75, 3.05) is 0 Å². The van der Waals surface area contributed by atoms with Gasteiger partial charge in [0.1, 0.15) is 11.9 Å². The fourth-order valence-electron chi connectivity index (χ4n) is 4.73. The number of fused-ring (bicyclic) bond motifs is 2. The summed E-state index contributed by atoms with van der Waals surface area (Å²) in [5.41, 5.74) is -0.0351. The lowest BCUT2D eigenvalue weighted by atomic mass is 9.84. The van der Waals surface area contributed by atoms with Crippen LogP contribution >= 0.6 is 0 Å². The van der Waals surface area contributed by atoms with E-state index in [4.69, 9.17) is 0 Å². The van der Waals surface area contributed by atoms with E-state index in [9.17, 15) is 14.0 Å². The molecule has 2 aliphatic rings. The highest BCUT2D eigenvalue weighted by Crippen LogP contribution is 2.49. The Morgan fingerprint density at radius 2 is 1.81 bits per heavy atom. The first-order valence-corrected chi connectivity index (χ1v) is 9.72. The summed E-state index contributed by atoms with van der Waals surface area (Å²) in [7, 11) is 0. The molecule has 0 aromatic heterocycles. The molecule has 3 rings (SSSR count). The Kier molecular flexibility index (Phi) is 5.64. The predicted octanol–water partition coefficient (Wildman–Crippen LogP) is 3.52. The maximum atomic E-state index is 13.8. The minimum Gasteiger partial charge on any atom is -0.352 e. The molecule has 0 heterocycles. The van der Waals surface area contributed by atoms with E-state index < -0.39 is 17.8 Å². The number of hydrogen-bond donors (Lipinski definition) is 2. The second kappa shape index (κ2) is 7.77. The van der Waals surface area contributed by atoms with Crippen molar-refractivity contribution in [3.8, 4) is 0 Å². The number of benzene rings is 1. The zero-order valence-electron chi connectivity index (χ0n) is 15.8. The first-order chi connectivity index (χ1) is 12.4. The van der Waals surface area contributed by atoms with Crippen LogP contribution in [0, 0.1) is 29.5 Å². The maximum absolute atomic E-state index is 13.8. The first kappa shape index (κ1) is 18.9. The standard InChI is InChI=1S/C21H29FN2O2/c1-12(2)19(24-20(25)16-6-4-5-7-18(16)22)21(26)23-13(3)17-11-14-8-9-15(17)10-14/h4-7,12-15,17,19H,8-11H2,1-3H3,(H,23,26)(H,24,25). The molecule has 5 atom stereocenters. The molecule has 2 aliphatic carbocycles. The second-order valence-electron chi connectivity index (χ2n) is 8.31. The lowest BCUT2D eigenvalue weighted by molar-refractivity contribution is -0.125. The van der Waals surface area contributed by atoms with Gasteiger partial charge in [-0.05, 0) is 62.0 Å². The Morgan fingerprint density at radius 3 is 2.38 bits per heavy atom. The summed E-state index contributed by atoms with van der Waals surface area (Å²) >= 11 is 0. The first-order valence-electron chi connectivity index (χ1n) is 9.72. The van der Waals surface area contributed by atoms with E-state index in [-0.39, 0.29) is 23.4 Å². The van der Waals surface area contributed by atoms with Crippen LogP contribution < -0.4 is 10.6 Å². The van der Waals surface area contributed by atoms with Crippen molar-refractivity contribution in [3.63, 3.8) is 0 Å². The van der Waals surface area contributed by atoms with Crippen molar-refractivity contribution in [1.82, 2.24) is 10.6 Å². The largest absolute Gasteiger partial charge is 0.352 e. The van der Waals surface area contributed by atoms with Crippen molar-refractivity contribution in [2.45, 2.75) is 58.5 Å². The third-order valence-corrected chi connectivity index (χ3v) is 6.16. The van der Waals surface area contributed by atoms with Crippen LogP contribution in [0.5, 0.6) is 0 Å². The molecule has 0 spiro atoms. The van der Waals surface area contributed by atoms with Crippen LogP contribution in [0.2, 0.25) is 0 Å². The SMILES string of the molecule is CC(C)C(NC(=O)c1ccccc1F)C(=O)NC(C)C1CC2CCC1C2. The van der Waals surface area contributed by atoms with Gasteiger partial charge in [0, 0.05) is 6.04 Å². The van der Waals surface area contributed by atoms with E-state index in [2.05, 4.69) is 17.6 Å². The van der Waals surface area contributed by atoms with Crippen molar-refractivity contribution in [1.29, 1.82) is 0 Å². The Labute approximate surface area is 154 Å². The number of carbonyl (C=O) groups is 2. The molecule has 0 radical (unpaired) electrons. The number of amides is 2.